The fourth-order valence-electron chi connectivity index (χ4n) is 2.60. The number of nitrogens with two attached hydrogens (primary N) is 1. The molecule has 108 valence electrons. The molecule has 1 aliphatic rings. The molecule has 1 aliphatic carbocycles. The fourth-order valence-corrected chi connectivity index (χ4v) is 2.77. The first-order valence-corrected chi connectivity index (χ1v) is 6.85. The monoisotopic (exact) mass is 297 g/mol. The van der Waals surface area contributed by atoms with E-state index in [0.29, 0.717) is 6.54 Å². The van der Waals surface area contributed by atoms with Crippen LogP contribution in [-0.4, -0.2) is 23.4 Å². The average Bonchev–Trinajstić information content (AvgIpc) is 2.85. The second-order valence-electron chi connectivity index (χ2n) is 4.93. The summed E-state index contributed by atoms with van der Waals surface area (Å²) >= 11 is 5.73. The van der Waals surface area contributed by atoms with Crippen molar-refractivity contribution in [1.29, 1.82) is 0 Å². The maximum Gasteiger partial charge on any atom is 0.283 e. The summed E-state index contributed by atoms with van der Waals surface area (Å²) in [6.07, 6.45) is 2.84. The van der Waals surface area contributed by atoms with E-state index in [2.05, 4.69) is 5.32 Å². The molecular weight excluding hydrogens is 282 g/mol. The molecule has 2 rings (SSSR count). The summed E-state index contributed by atoms with van der Waals surface area (Å²) < 4.78 is 0. The molecule has 1 aromatic carbocycles. The number of nitro benzene ring substituents is 1. The van der Waals surface area contributed by atoms with Gasteiger partial charge in [0.15, 0.2) is 0 Å². The van der Waals surface area contributed by atoms with E-state index in [1.165, 1.54) is 18.2 Å². The van der Waals surface area contributed by atoms with Crippen LogP contribution in [0.5, 0.6) is 0 Å². The third kappa shape index (κ3) is 3.08. The van der Waals surface area contributed by atoms with Crippen molar-refractivity contribution in [2.45, 2.75) is 25.3 Å². The zero-order chi connectivity index (χ0) is 14.7. The van der Waals surface area contributed by atoms with Gasteiger partial charge in [-0.3, -0.25) is 14.9 Å². The van der Waals surface area contributed by atoms with E-state index >= 15 is 0 Å². The van der Waals surface area contributed by atoms with Gasteiger partial charge in [-0.1, -0.05) is 18.0 Å². The largest absolute Gasteiger partial charge is 0.349 e. The molecule has 0 saturated heterocycles. The highest BCUT2D eigenvalue weighted by molar-refractivity contribution is 6.31. The Hall–Kier alpha value is -1.66. The van der Waals surface area contributed by atoms with Crippen LogP contribution in [0.2, 0.25) is 5.02 Å². The predicted molar refractivity (Wildman–Crippen MR) is 75.8 cm³/mol. The molecule has 6 nitrogen and oxygen atoms in total. The summed E-state index contributed by atoms with van der Waals surface area (Å²) in [7, 11) is 0. The summed E-state index contributed by atoms with van der Waals surface area (Å²) in [5, 5.41) is 14.1. The lowest BCUT2D eigenvalue weighted by Gasteiger charge is -2.19. The van der Waals surface area contributed by atoms with Crippen LogP contribution in [-0.2, 0) is 0 Å². The topological polar surface area (TPSA) is 98.3 Å². The van der Waals surface area contributed by atoms with Crippen LogP contribution in [0, 0.1) is 16.0 Å². The Morgan fingerprint density at radius 1 is 1.50 bits per heavy atom. The highest BCUT2D eigenvalue weighted by Crippen LogP contribution is 2.27. The van der Waals surface area contributed by atoms with E-state index in [-0.39, 0.29) is 28.2 Å². The minimum absolute atomic E-state index is 0.0113. The standard InChI is InChI=1S/C13H16ClN3O3/c14-9-4-5-10(12(6-9)17(19)20)13(18)16-11-3-1-2-8(11)7-15/h4-6,8,11H,1-3,7,15H2,(H,16,18). The van der Waals surface area contributed by atoms with Crippen LogP contribution in [0.25, 0.3) is 0 Å². The van der Waals surface area contributed by atoms with Crippen molar-refractivity contribution in [3.05, 3.63) is 38.9 Å². The Morgan fingerprint density at radius 3 is 2.90 bits per heavy atom. The van der Waals surface area contributed by atoms with Crippen molar-refractivity contribution in [1.82, 2.24) is 5.32 Å². The van der Waals surface area contributed by atoms with Crippen molar-refractivity contribution >= 4 is 23.2 Å². The lowest BCUT2D eigenvalue weighted by atomic mass is 10.0. The number of nitrogens with one attached hydrogen (secondary N) is 1. The number of hydrogen-bond acceptors (Lipinski definition) is 4. The number of halogens is 1. The molecule has 0 spiro atoms. The highest BCUT2D eigenvalue weighted by Gasteiger charge is 2.29. The number of benzene rings is 1. The number of nitro groups is 1. The third-order valence-corrected chi connectivity index (χ3v) is 3.91. The Kier molecular flexibility index (Phi) is 4.57. The van der Waals surface area contributed by atoms with Crippen LogP contribution in [0.4, 0.5) is 5.69 Å². The quantitative estimate of drug-likeness (QED) is 0.657. The summed E-state index contributed by atoms with van der Waals surface area (Å²) in [4.78, 5) is 22.6. The second-order valence-corrected chi connectivity index (χ2v) is 5.36. The molecule has 3 N–H and O–H groups in total. The number of amides is 1. The zero-order valence-electron chi connectivity index (χ0n) is 10.8. The number of carbonyl (C=O) groups excluding carboxylic acids is 1. The Bertz CT molecular complexity index is 536. The summed E-state index contributed by atoms with van der Waals surface area (Å²) in [5.41, 5.74) is 5.41. The first-order chi connectivity index (χ1) is 9.52. The van der Waals surface area contributed by atoms with Gasteiger partial charge in [0.05, 0.1) is 4.92 Å². The van der Waals surface area contributed by atoms with E-state index in [9.17, 15) is 14.9 Å². The number of carbonyl (C=O) groups is 1. The normalized spacial score (nSPS) is 21.7. The van der Waals surface area contributed by atoms with Crippen molar-refractivity contribution in [3.8, 4) is 0 Å². The summed E-state index contributed by atoms with van der Waals surface area (Å²) in [6.45, 7) is 0.508. The van der Waals surface area contributed by atoms with Crippen molar-refractivity contribution in [2.75, 3.05) is 6.54 Å². The number of hydrogen-bond donors (Lipinski definition) is 2. The van der Waals surface area contributed by atoms with Crippen molar-refractivity contribution in [3.63, 3.8) is 0 Å². The maximum atomic E-state index is 12.2. The molecule has 0 aliphatic heterocycles. The van der Waals surface area contributed by atoms with Crippen LogP contribution in [0.3, 0.4) is 0 Å². The molecule has 0 heterocycles. The van der Waals surface area contributed by atoms with Gasteiger partial charge in [-0.25, -0.2) is 0 Å². The molecule has 1 saturated carbocycles. The fraction of sp³-hybridized carbons (Fsp3) is 0.462. The zero-order valence-corrected chi connectivity index (χ0v) is 11.6. The molecule has 0 bridgehead atoms. The Morgan fingerprint density at radius 2 is 2.25 bits per heavy atom. The summed E-state index contributed by atoms with van der Waals surface area (Å²) in [6, 6.07) is 4.02. The van der Waals surface area contributed by atoms with Crippen molar-refractivity contribution in [2.24, 2.45) is 11.7 Å². The van der Waals surface area contributed by atoms with Crippen LogP contribution in [0.1, 0.15) is 29.6 Å². The smallest absolute Gasteiger partial charge is 0.283 e. The van der Waals surface area contributed by atoms with Crippen molar-refractivity contribution < 1.29 is 9.72 Å². The Balaban J connectivity index is 2.19. The van der Waals surface area contributed by atoms with Gasteiger partial charge >= 0.3 is 0 Å². The molecule has 0 radical (unpaired) electrons. The minimum atomic E-state index is -0.601. The average molecular weight is 298 g/mol. The molecular formula is C13H16ClN3O3. The SMILES string of the molecule is NCC1CCCC1NC(=O)c1ccc(Cl)cc1[N+](=O)[O-]. The van der Waals surface area contributed by atoms with Gasteiger partial charge in [-0.15, -0.1) is 0 Å². The molecule has 20 heavy (non-hydrogen) atoms. The van der Waals surface area contributed by atoms with E-state index in [0.717, 1.165) is 19.3 Å². The second kappa shape index (κ2) is 6.19. The van der Waals surface area contributed by atoms with Crippen LogP contribution in [0.15, 0.2) is 18.2 Å². The van der Waals surface area contributed by atoms with Gasteiger partial charge in [0.2, 0.25) is 0 Å². The van der Waals surface area contributed by atoms with E-state index in [1.807, 2.05) is 0 Å². The van der Waals surface area contributed by atoms with E-state index < -0.39 is 10.8 Å². The molecule has 1 amide bonds. The first-order valence-electron chi connectivity index (χ1n) is 6.47. The minimum Gasteiger partial charge on any atom is -0.349 e. The van der Waals surface area contributed by atoms with Gasteiger partial charge in [-0.2, -0.15) is 0 Å². The lowest BCUT2D eigenvalue weighted by Crippen LogP contribution is -2.40. The molecule has 2 atom stereocenters. The molecule has 7 heteroatoms. The molecule has 2 unspecified atom stereocenters. The number of nitrogens with zero attached hydrogens (tertiary/aromatic N) is 1. The lowest BCUT2D eigenvalue weighted by molar-refractivity contribution is -0.385. The first kappa shape index (κ1) is 14.7. The number of rotatable bonds is 4. The Labute approximate surface area is 121 Å². The van der Waals surface area contributed by atoms with Gasteiger partial charge in [-0.05, 0) is 37.4 Å². The van der Waals surface area contributed by atoms with Gasteiger partial charge < -0.3 is 11.1 Å². The third-order valence-electron chi connectivity index (χ3n) is 3.68. The maximum absolute atomic E-state index is 12.2. The molecule has 1 fully saturated rings. The van der Waals surface area contributed by atoms with Gasteiger partial charge in [0.25, 0.3) is 11.6 Å². The van der Waals surface area contributed by atoms with Gasteiger partial charge in [0, 0.05) is 17.1 Å². The van der Waals surface area contributed by atoms with E-state index in [1.54, 1.807) is 0 Å². The molecule has 1 aromatic rings. The summed E-state index contributed by atoms with van der Waals surface area (Å²) in [5.74, 6) is -0.205. The predicted octanol–water partition coefficient (Wildman–Crippen LogP) is 2.11. The van der Waals surface area contributed by atoms with Crippen LogP contribution >= 0.6 is 11.6 Å². The molecule has 0 aromatic heterocycles. The van der Waals surface area contributed by atoms with Crippen LogP contribution < -0.4 is 11.1 Å². The van der Waals surface area contributed by atoms with E-state index in [4.69, 9.17) is 17.3 Å². The van der Waals surface area contributed by atoms with Gasteiger partial charge in [0.1, 0.15) is 5.56 Å². The highest BCUT2D eigenvalue weighted by atomic mass is 35.5.